The summed E-state index contributed by atoms with van der Waals surface area (Å²) in [4.78, 5) is 4.59. The van der Waals surface area contributed by atoms with Crippen LogP contribution in [0.3, 0.4) is 0 Å². The van der Waals surface area contributed by atoms with Gasteiger partial charge < -0.3 is 14.8 Å². The van der Waals surface area contributed by atoms with Crippen LogP contribution in [0.2, 0.25) is 0 Å². The smallest absolute Gasteiger partial charge is 0.231 e. The Hall–Kier alpha value is -3.30. The molecule has 0 unspecified atom stereocenters. The maximum Gasteiger partial charge on any atom is 0.231 e. The van der Waals surface area contributed by atoms with Gasteiger partial charge in [-0.2, -0.15) is 5.26 Å². The highest BCUT2D eigenvalue weighted by molar-refractivity contribution is 7.11. The molecule has 2 heterocycles. The second kappa shape index (κ2) is 6.90. The minimum absolute atomic E-state index is 0.235. The highest BCUT2D eigenvalue weighted by Crippen LogP contribution is 2.34. The molecule has 26 heavy (non-hydrogen) atoms. The molecule has 0 radical (unpaired) electrons. The minimum Gasteiger partial charge on any atom is -0.454 e. The highest BCUT2D eigenvalue weighted by atomic mass is 32.1. The predicted octanol–water partition coefficient (Wildman–Crippen LogP) is 4.82. The lowest BCUT2D eigenvalue weighted by Gasteiger charge is -2.03. The van der Waals surface area contributed by atoms with Crippen LogP contribution in [0.5, 0.6) is 11.5 Å². The van der Waals surface area contributed by atoms with Crippen LogP contribution < -0.4 is 14.8 Å². The zero-order chi connectivity index (χ0) is 17.9. The predicted molar refractivity (Wildman–Crippen MR) is 102 cm³/mol. The summed E-state index contributed by atoms with van der Waals surface area (Å²) in [6.07, 6.45) is 1.66. The number of fused-ring (bicyclic) bond motifs is 1. The van der Waals surface area contributed by atoms with Crippen molar-refractivity contribution in [2.24, 2.45) is 0 Å². The molecule has 2 aromatic carbocycles. The topological polar surface area (TPSA) is 67.2 Å². The largest absolute Gasteiger partial charge is 0.454 e. The molecule has 0 saturated heterocycles. The van der Waals surface area contributed by atoms with E-state index in [9.17, 15) is 5.26 Å². The number of hydrogen-bond donors (Lipinski definition) is 1. The van der Waals surface area contributed by atoms with E-state index in [1.54, 1.807) is 6.20 Å². The molecule has 1 aromatic heterocycles. The fraction of sp³-hybridized carbons (Fsp3) is 0.100. The number of hydrogen-bond acceptors (Lipinski definition) is 6. The van der Waals surface area contributed by atoms with Crippen molar-refractivity contribution in [2.45, 2.75) is 6.92 Å². The summed E-state index contributed by atoms with van der Waals surface area (Å²) in [5.74, 6) is 1.42. The van der Waals surface area contributed by atoms with Crippen LogP contribution in [0.15, 0.2) is 54.0 Å². The van der Waals surface area contributed by atoms with E-state index in [4.69, 9.17) is 9.47 Å². The number of rotatable bonds is 4. The van der Waals surface area contributed by atoms with Gasteiger partial charge in [-0.05, 0) is 19.1 Å². The number of allylic oxidation sites excluding steroid dienone is 1. The Balaban J connectivity index is 1.55. The van der Waals surface area contributed by atoms with Gasteiger partial charge in [-0.15, -0.1) is 11.3 Å². The van der Waals surface area contributed by atoms with E-state index < -0.39 is 0 Å². The van der Waals surface area contributed by atoms with Crippen LogP contribution in [-0.2, 0) is 0 Å². The van der Waals surface area contributed by atoms with E-state index in [-0.39, 0.29) is 6.79 Å². The summed E-state index contributed by atoms with van der Waals surface area (Å²) in [5, 5.41) is 15.3. The van der Waals surface area contributed by atoms with Crippen LogP contribution in [0.1, 0.15) is 10.6 Å². The number of anilines is 1. The number of ether oxygens (including phenoxy) is 2. The molecular formula is C20H15N3O2S. The molecule has 1 aliphatic heterocycles. The normalized spacial score (nSPS) is 12.7. The first-order valence-electron chi connectivity index (χ1n) is 8.02. The Morgan fingerprint density at radius 2 is 2.00 bits per heavy atom. The van der Waals surface area contributed by atoms with Gasteiger partial charge in [-0.25, -0.2) is 4.98 Å². The molecule has 6 heteroatoms. The summed E-state index contributed by atoms with van der Waals surface area (Å²) in [5.41, 5.74) is 4.41. The van der Waals surface area contributed by atoms with Crippen molar-refractivity contribution in [1.82, 2.24) is 4.98 Å². The molecule has 0 aliphatic carbocycles. The number of aryl methyl sites for hydroxylation is 1. The maximum atomic E-state index is 9.49. The van der Waals surface area contributed by atoms with Crippen molar-refractivity contribution < 1.29 is 9.47 Å². The molecule has 4 rings (SSSR count). The monoisotopic (exact) mass is 361 g/mol. The summed E-state index contributed by atoms with van der Waals surface area (Å²) < 4.78 is 10.7. The number of aromatic nitrogens is 1. The van der Waals surface area contributed by atoms with E-state index in [0.717, 1.165) is 22.7 Å². The van der Waals surface area contributed by atoms with E-state index in [2.05, 4.69) is 35.4 Å². The SMILES string of the molecule is Cc1ccc(-c2csc(/C(C#N)=C/Nc3ccc4c(c3)OCO4)n2)cc1. The molecule has 0 atom stereocenters. The molecule has 0 saturated carbocycles. The first-order valence-corrected chi connectivity index (χ1v) is 8.90. The van der Waals surface area contributed by atoms with E-state index >= 15 is 0 Å². The number of thiazole rings is 1. The van der Waals surface area contributed by atoms with Crippen molar-refractivity contribution in [3.8, 4) is 28.8 Å². The van der Waals surface area contributed by atoms with E-state index in [0.29, 0.717) is 16.3 Å². The summed E-state index contributed by atoms with van der Waals surface area (Å²) >= 11 is 1.45. The molecule has 1 N–H and O–H groups in total. The molecule has 1 aliphatic rings. The second-order valence-electron chi connectivity index (χ2n) is 5.79. The van der Waals surface area contributed by atoms with Crippen molar-refractivity contribution in [3.63, 3.8) is 0 Å². The van der Waals surface area contributed by atoms with Crippen molar-refractivity contribution in [2.75, 3.05) is 12.1 Å². The lowest BCUT2D eigenvalue weighted by Crippen LogP contribution is -1.93. The third-order valence-corrected chi connectivity index (χ3v) is 4.83. The third-order valence-electron chi connectivity index (χ3n) is 3.96. The Labute approximate surface area is 155 Å². The van der Waals surface area contributed by atoms with Gasteiger partial charge >= 0.3 is 0 Å². The van der Waals surface area contributed by atoms with Crippen LogP contribution in [0.25, 0.3) is 16.8 Å². The lowest BCUT2D eigenvalue weighted by molar-refractivity contribution is 0.174. The summed E-state index contributed by atoms with van der Waals surface area (Å²) in [6, 6.07) is 15.9. The van der Waals surface area contributed by atoms with Crippen molar-refractivity contribution in [1.29, 1.82) is 5.26 Å². The molecule has 0 spiro atoms. The van der Waals surface area contributed by atoms with Gasteiger partial charge in [-0.3, -0.25) is 0 Å². The Morgan fingerprint density at radius 1 is 1.19 bits per heavy atom. The van der Waals surface area contributed by atoms with E-state index in [1.807, 2.05) is 35.7 Å². The number of benzene rings is 2. The molecule has 128 valence electrons. The molecule has 0 fully saturated rings. The quantitative estimate of drug-likeness (QED) is 0.675. The maximum absolute atomic E-state index is 9.49. The van der Waals surface area contributed by atoms with Gasteiger partial charge in [0.2, 0.25) is 6.79 Å². The minimum atomic E-state index is 0.235. The first-order chi connectivity index (χ1) is 12.7. The molecule has 0 bridgehead atoms. The Bertz CT molecular complexity index is 1020. The van der Waals surface area contributed by atoms with Gasteiger partial charge in [0.05, 0.1) is 5.69 Å². The van der Waals surface area contributed by atoms with Gasteiger partial charge in [-0.1, -0.05) is 29.8 Å². The molecule has 5 nitrogen and oxygen atoms in total. The van der Waals surface area contributed by atoms with Crippen LogP contribution in [0.4, 0.5) is 5.69 Å². The van der Waals surface area contributed by atoms with Crippen LogP contribution in [-0.4, -0.2) is 11.8 Å². The Morgan fingerprint density at radius 3 is 2.81 bits per heavy atom. The second-order valence-corrected chi connectivity index (χ2v) is 6.64. The summed E-state index contributed by atoms with van der Waals surface area (Å²) in [6.45, 7) is 2.29. The van der Waals surface area contributed by atoms with Gasteiger partial charge in [0.25, 0.3) is 0 Å². The number of nitrogens with one attached hydrogen (secondary N) is 1. The zero-order valence-electron chi connectivity index (χ0n) is 14.0. The van der Waals surface area contributed by atoms with Crippen LogP contribution >= 0.6 is 11.3 Å². The number of nitrogens with zero attached hydrogens (tertiary/aromatic N) is 2. The molecular weight excluding hydrogens is 346 g/mol. The highest BCUT2D eigenvalue weighted by Gasteiger charge is 2.13. The van der Waals surface area contributed by atoms with Gasteiger partial charge in [0, 0.05) is 28.9 Å². The molecule has 3 aromatic rings. The van der Waals surface area contributed by atoms with E-state index in [1.165, 1.54) is 16.9 Å². The standard InChI is InChI=1S/C20H15N3O2S/c1-13-2-4-14(5-3-13)17-11-26-20(23-17)15(9-21)10-22-16-6-7-18-19(8-16)25-12-24-18/h2-8,10-11,22H,12H2,1H3/b15-10+. The Kier molecular flexibility index (Phi) is 4.30. The van der Waals surface area contributed by atoms with Gasteiger partial charge in [0.15, 0.2) is 11.5 Å². The van der Waals surface area contributed by atoms with Crippen molar-refractivity contribution in [3.05, 3.63) is 64.6 Å². The lowest BCUT2D eigenvalue weighted by atomic mass is 10.1. The zero-order valence-corrected chi connectivity index (χ0v) is 14.8. The summed E-state index contributed by atoms with van der Waals surface area (Å²) in [7, 11) is 0. The van der Waals surface area contributed by atoms with Crippen LogP contribution in [0, 0.1) is 18.3 Å². The van der Waals surface area contributed by atoms with Gasteiger partial charge in [0.1, 0.15) is 16.6 Å². The van der Waals surface area contributed by atoms with Crippen molar-refractivity contribution >= 4 is 22.6 Å². The molecule has 0 amide bonds. The fourth-order valence-electron chi connectivity index (χ4n) is 2.54. The average Bonchev–Trinajstić information content (AvgIpc) is 3.32. The first kappa shape index (κ1) is 16.2. The number of nitriles is 1. The fourth-order valence-corrected chi connectivity index (χ4v) is 3.33. The third kappa shape index (κ3) is 3.25. The average molecular weight is 361 g/mol.